The highest BCUT2D eigenvalue weighted by Crippen LogP contribution is 2.21. The van der Waals surface area contributed by atoms with Gasteiger partial charge in [-0.3, -0.25) is 4.79 Å². The quantitative estimate of drug-likeness (QED) is 0.654. The van der Waals surface area contributed by atoms with E-state index in [1.807, 2.05) is 48.5 Å². The minimum Gasteiger partial charge on any atom is -0.287 e. The third-order valence-corrected chi connectivity index (χ3v) is 3.65. The molecule has 0 aliphatic heterocycles. The third-order valence-electron chi connectivity index (χ3n) is 3.65. The van der Waals surface area contributed by atoms with Gasteiger partial charge in [-0.2, -0.15) is 0 Å². The molecule has 1 heterocycles. The highest BCUT2D eigenvalue weighted by atomic mass is 16.1. The summed E-state index contributed by atoms with van der Waals surface area (Å²) in [7, 11) is 0. The van der Waals surface area contributed by atoms with Gasteiger partial charge in [0, 0.05) is 10.9 Å². The lowest BCUT2D eigenvalue weighted by Crippen LogP contribution is -2.03. The van der Waals surface area contributed by atoms with Crippen molar-refractivity contribution in [1.29, 1.82) is 0 Å². The van der Waals surface area contributed by atoms with Gasteiger partial charge in [0.25, 0.3) is 0 Å². The van der Waals surface area contributed by atoms with Crippen LogP contribution in [0.1, 0.15) is 41.4 Å². The number of hydrogen-bond donors (Lipinski definition) is 0. The monoisotopic (exact) mass is 275 g/mol. The van der Waals surface area contributed by atoms with Crippen molar-refractivity contribution in [3.8, 4) is 0 Å². The maximum atomic E-state index is 12.4. The van der Waals surface area contributed by atoms with Crippen molar-refractivity contribution in [3.05, 3.63) is 77.5 Å². The van der Waals surface area contributed by atoms with E-state index in [-0.39, 0.29) is 5.78 Å². The third kappa shape index (κ3) is 2.70. The van der Waals surface area contributed by atoms with E-state index in [1.54, 1.807) is 0 Å². The van der Waals surface area contributed by atoms with E-state index in [1.165, 1.54) is 5.56 Å². The van der Waals surface area contributed by atoms with E-state index in [9.17, 15) is 4.79 Å². The molecule has 0 radical (unpaired) electrons. The number of benzene rings is 2. The average Bonchev–Trinajstić information content (AvgIpc) is 2.54. The Labute approximate surface area is 124 Å². The maximum Gasteiger partial charge on any atom is 0.211 e. The summed E-state index contributed by atoms with van der Waals surface area (Å²) in [6.07, 6.45) is 0. The predicted octanol–water partition coefficient (Wildman–Crippen LogP) is 4.59. The number of pyridine rings is 1. The summed E-state index contributed by atoms with van der Waals surface area (Å²) in [5.41, 5.74) is 3.31. The molecule has 0 aliphatic rings. The Bertz CT molecular complexity index is 791. The molecule has 0 unspecified atom stereocenters. The average molecular weight is 275 g/mol. The molecule has 0 atom stereocenters. The lowest BCUT2D eigenvalue weighted by atomic mass is 10.0. The normalized spacial score (nSPS) is 11.0. The Morgan fingerprint density at radius 3 is 2.43 bits per heavy atom. The van der Waals surface area contributed by atoms with Crippen LogP contribution in [-0.4, -0.2) is 10.8 Å². The molecule has 2 aromatic carbocycles. The molecule has 0 saturated carbocycles. The Balaban J connectivity index is 2.02. The van der Waals surface area contributed by atoms with E-state index < -0.39 is 0 Å². The van der Waals surface area contributed by atoms with Crippen molar-refractivity contribution in [2.45, 2.75) is 19.8 Å². The van der Waals surface area contributed by atoms with Crippen LogP contribution in [0.2, 0.25) is 0 Å². The van der Waals surface area contributed by atoms with Crippen molar-refractivity contribution < 1.29 is 4.79 Å². The minimum atomic E-state index is -0.0366. The van der Waals surface area contributed by atoms with Crippen LogP contribution in [0.3, 0.4) is 0 Å². The number of carbonyl (C=O) groups excluding carboxylic acids is 1. The number of aromatic nitrogens is 1. The molecule has 2 heteroatoms. The zero-order valence-corrected chi connectivity index (χ0v) is 12.2. The fourth-order valence-corrected chi connectivity index (χ4v) is 2.37. The molecule has 0 N–H and O–H groups in total. The van der Waals surface area contributed by atoms with E-state index >= 15 is 0 Å². The van der Waals surface area contributed by atoms with Crippen molar-refractivity contribution in [2.24, 2.45) is 0 Å². The van der Waals surface area contributed by atoms with Crippen LogP contribution >= 0.6 is 0 Å². The molecule has 104 valence electrons. The van der Waals surface area contributed by atoms with E-state index in [2.05, 4.69) is 31.0 Å². The lowest BCUT2D eigenvalue weighted by Gasteiger charge is -2.07. The van der Waals surface area contributed by atoms with Crippen LogP contribution in [0.15, 0.2) is 60.7 Å². The first kappa shape index (κ1) is 13.5. The number of nitrogens with zero attached hydrogens (tertiary/aromatic N) is 1. The van der Waals surface area contributed by atoms with Crippen LogP contribution in [-0.2, 0) is 0 Å². The van der Waals surface area contributed by atoms with Crippen LogP contribution < -0.4 is 0 Å². The number of hydrogen-bond acceptors (Lipinski definition) is 2. The molecule has 0 spiro atoms. The molecule has 0 saturated heterocycles. The van der Waals surface area contributed by atoms with Crippen LogP contribution in [0.4, 0.5) is 0 Å². The fourth-order valence-electron chi connectivity index (χ4n) is 2.37. The highest BCUT2D eigenvalue weighted by Gasteiger charge is 2.11. The SMILES string of the molecule is CC(C)c1ccc2nc(C(=O)c3ccccc3)ccc2c1. The molecule has 3 rings (SSSR count). The fraction of sp³-hybridized carbons (Fsp3) is 0.158. The smallest absolute Gasteiger partial charge is 0.211 e. The maximum absolute atomic E-state index is 12.4. The first-order valence-electron chi connectivity index (χ1n) is 7.15. The van der Waals surface area contributed by atoms with Crippen molar-refractivity contribution >= 4 is 16.7 Å². The molecule has 0 aliphatic carbocycles. The summed E-state index contributed by atoms with van der Waals surface area (Å²) in [6.45, 7) is 4.34. The van der Waals surface area contributed by atoms with Crippen LogP contribution in [0.25, 0.3) is 10.9 Å². The number of ketones is 1. The second-order valence-electron chi connectivity index (χ2n) is 5.50. The van der Waals surface area contributed by atoms with Gasteiger partial charge in [-0.05, 0) is 29.7 Å². The zero-order chi connectivity index (χ0) is 14.8. The second-order valence-corrected chi connectivity index (χ2v) is 5.50. The number of fused-ring (bicyclic) bond motifs is 1. The van der Waals surface area contributed by atoms with Gasteiger partial charge in [-0.1, -0.05) is 56.3 Å². The molecule has 2 nitrogen and oxygen atoms in total. The minimum absolute atomic E-state index is 0.0366. The van der Waals surface area contributed by atoms with Gasteiger partial charge in [0.15, 0.2) is 0 Å². The zero-order valence-electron chi connectivity index (χ0n) is 12.2. The Kier molecular flexibility index (Phi) is 3.53. The summed E-state index contributed by atoms with van der Waals surface area (Å²) in [5.74, 6) is 0.450. The Hall–Kier alpha value is -2.48. The van der Waals surface area contributed by atoms with Crippen molar-refractivity contribution in [2.75, 3.05) is 0 Å². The van der Waals surface area contributed by atoms with Gasteiger partial charge in [0.2, 0.25) is 5.78 Å². The Morgan fingerprint density at radius 2 is 1.71 bits per heavy atom. The van der Waals surface area contributed by atoms with Gasteiger partial charge in [-0.15, -0.1) is 0 Å². The summed E-state index contributed by atoms with van der Waals surface area (Å²) in [6, 6.07) is 19.3. The molecule has 0 bridgehead atoms. The molecule has 1 aromatic heterocycles. The first-order chi connectivity index (χ1) is 10.1. The molecular formula is C19H17NO. The molecule has 21 heavy (non-hydrogen) atoms. The van der Waals surface area contributed by atoms with E-state index in [0.717, 1.165) is 10.9 Å². The van der Waals surface area contributed by atoms with E-state index in [0.29, 0.717) is 17.2 Å². The topological polar surface area (TPSA) is 30.0 Å². The second kappa shape index (κ2) is 5.49. The summed E-state index contributed by atoms with van der Waals surface area (Å²) in [5, 5.41) is 1.07. The standard InChI is InChI=1S/C19H17NO/c1-13(2)15-8-10-17-16(12-15)9-11-18(20-17)19(21)14-6-4-3-5-7-14/h3-13H,1-2H3. The molecular weight excluding hydrogens is 258 g/mol. The number of carbonyl (C=O) groups is 1. The van der Waals surface area contributed by atoms with Crippen LogP contribution in [0.5, 0.6) is 0 Å². The summed E-state index contributed by atoms with van der Waals surface area (Å²) >= 11 is 0. The van der Waals surface area contributed by atoms with Crippen molar-refractivity contribution in [1.82, 2.24) is 4.98 Å². The number of rotatable bonds is 3. The lowest BCUT2D eigenvalue weighted by molar-refractivity contribution is 0.103. The van der Waals surface area contributed by atoms with Gasteiger partial charge < -0.3 is 0 Å². The van der Waals surface area contributed by atoms with Gasteiger partial charge in [0.1, 0.15) is 5.69 Å². The predicted molar refractivity (Wildman–Crippen MR) is 85.7 cm³/mol. The van der Waals surface area contributed by atoms with E-state index in [4.69, 9.17) is 0 Å². The Morgan fingerprint density at radius 1 is 0.952 bits per heavy atom. The highest BCUT2D eigenvalue weighted by molar-refractivity contribution is 6.08. The van der Waals surface area contributed by atoms with Crippen molar-refractivity contribution in [3.63, 3.8) is 0 Å². The first-order valence-corrected chi connectivity index (χ1v) is 7.15. The largest absolute Gasteiger partial charge is 0.287 e. The van der Waals surface area contributed by atoms with Crippen LogP contribution in [0, 0.1) is 0 Å². The summed E-state index contributed by atoms with van der Waals surface area (Å²) in [4.78, 5) is 16.9. The van der Waals surface area contributed by atoms with Gasteiger partial charge >= 0.3 is 0 Å². The van der Waals surface area contributed by atoms with Gasteiger partial charge in [0.05, 0.1) is 5.52 Å². The summed E-state index contributed by atoms with van der Waals surface area (Å²) < 4.78 is 0. The molecule has 0 fully saturated rings. The van der Waals surface area contributed by atoms with Gasteiger partial charge in [-0.25, -0.2) is 4.98 Å². The molecule has 3 aromatic rings. The molecule has 0 amide bonds.